The number of hydrogen-bond acceptors (Lipinski definition) is 4. The third-order valence-corrected chi connectivity index (χ3v) is 6.22. The van der Waals surface area contributed by atoms with Gasteiger partial charge in [-0.25, -0.2) is 0 Å². The number of aliphatic hydroxyl groups excluding tert-OH is 1. The van der Waals surface area contributed by atoms with Crippen LogP contribution in [0.15, 0.2) is 48.5 Å². The number of benzene rings is 2. The number of H-pyrrole nitrogens is 1. The van der Waals surface area contributed by atoms with Crippen molar-refractivity contribution in [1.82, 2.24) is 9.88 Å². The predicted molar refractivity (Wildman–Crippen MR) is 119 cm³/mol. The molecule has 5 nitrogen and oxygen atoms in total. The van der Waals surface area contributed by atoms with Crippen LogP contribution >= 0.6 is 0 Å². The quantitative estimate of drug-likeness (QED) is 0.568. The number of fused-ring (bicyclic) bond motifs is 1. The molecule has 1 fully saturated rings. The number of rotatable bonds is 7. The number of para-hydroxylation sites is 1. The van der Waals surface area contributed by atoms with Gasteiger partial charge in [0.1, 0.15) is 5.75 Å². The molecule has 30 heavy (non-hydrogen) atoms. The van der Waals surface area contributed by atoms with Gasteiger partial charge in [0.15, 0.2) is 5.78 Å². The molecule has 1 aromatic heterocycles. The van der Waals surface area contributed by atoms with Gasteiger partial charge in [0.25, 0.3) is 0 Å². The number of methoxy groups -OCH3 is 1. The van der Waals surface area contributed by atoms with Gasteiger partial charge >= 0.3 is 0 Å². The fraction of sp³-hybridized carbons (Fsp3) is 0.400. The number of aryl methyl sites for hydroxylation is 1. The van der Waals surface area contributed by atoms with E-state index in [2.05, 4.69) is 16.0 Å². The van der Waals surface area contributed by atoms with E-state index in [1.807, 2.05) is 49.4 Å². The lowest BCUT2D eigenvalue weighted by atomic mass is 9.91. The van der Waals surface area contributed by atoms with Crippen LogP contribution in [0.5, 0.6) is 5.75 Å². The number of nitrogens with one attached hydrogen (secondary N) is 1. The monoisotopic (exact) mass is 406 g/mol. The van der Waals surface area contributed by atoms with Crippen LogP contribution < -0.4 is 4.74 Å². The van der Waals surface area contributed by atoms with Crippen LogP contribution in [0.3, 0.4) is 0 Å². The Balaban J connectivity index is 1.60. The van der Waals surface area contributed by atoms with E-state index in [0.717, 1.165) is 59.2 Å². The van der Waals surface area contributed by atoms with Crippen LogP contribution in [0.2, 0.25) is 0 Å². The first-order valence-corrected chi connectivity index (χ1v) is 10.7. The molecule has 0 aliphatic heterocycles. The molecule has 1 aliphatic carbocycles. The number of Topliss-reactive ketones (excluding diaryl/α,β-unsaturated/α-hetero) is 1. The Morgan fingerprint density at radius 1 is 1.13 bits per heavy atom. The highest BCUT2D eigenvalue weighted by Gasteiger charge is 2.28. The highest BCUT2D eigenvalue weighted by molar-refractivity contribution is 6.10. The maximum atomic E-state index is 13.4. The summed E-state index contributed by atoms with van der Waals surface area (Å²) < 4.78 is 5.38. The summed E-state index contributed by atoms with van der Waals surface area (Å²) in [6.45, 7) is 3.02. The Morgan fingerprint density at radius 2 is 1.90 bits per heavy atom. The minimum Gasteiger partial charge on any atom is -0.497 e. The van der Waals surface area contributed by atoms with Crippen molar-refractivity contribution < 1.29 is 14.6 Å². The van der Waals surface area contributed by atoms with Crippen LogP contribution in [0.1, 0.15) is 47.3 Å². The van der Waals surface area contributed by atoms with Crippen LogP contribution in [-0.4, -0.2) is 46.6 Å². The first kappa shape index (κ1) is 20.6. The molecule has 0 atom stereocenters. The second-order valence-electron chi connectivity index (χ2n) is 8.31. The summed E-state index contributed by atoms with van der Waals surface area (Å²) in [6, 6.07) is 16.3. The number of ketones is 1. The van der Waals surface area contributed by atoms with Gasteiger partial charge in [-0.2, -0.15) is 0 Å². The van der Waals surface area contributed by atoms with Crippen molar-refractivity contribution in [3.05, 3.63) is 65.4 Å². The second kappa shape index (κ2) is 9.02. The first-order valence-electron chi connectivity index (χ1n) is 10.7. The molecule has 158 valence electrons. The Bertz CT molecular complexity index is 1020. The molecule has 0 unspecified atom stereocenters. The van der Waals surface area contributed by atoms with E-state index < -0.39 is 0 Å². The number of carbonyl (C=O) groups is 1. The van der Waals surface area contributed by atoms with Crippen molar-refractivity contribution in [3.8, 4) is 5.75 Å². The van der Waals surface area contributed by atoms with Gasteiger partial charge in [0, 0.05) is 34.7 Å². The summed E-state index contributed by atoms with van der Waals surface area (Å²) in [6.07, 6.45) is 3.18. The molecule has 3 aromatic rings. The van der Waals surface area contributed by atoms with E-state index >= 15 is 0 Å². The molecule has 0 saturated heterocycles. The van der Waals surface area contributed by atoms with E-state index in [9.17, 15) is 9.90 Å². The normalized spacial score (nSPS) is 19.3. The van der Waals surface area contributed by atoms with Crippen molar-refractivity contribution in [2.75, 3.05) is 13.7 Å². The third-order valence-electron chi connectivity index (χ3n) is 6.22. The maximum absolute atomic E-state index is 13.4. The lowest BCUT2D eigenvalue weighted by molar-refractivity contribution is 0.0633. The lowest BCUT2D eigenvalue weighted by Crippen LogP contribution is -2.41. The second-order valence-corrected chi connectivity index (χ2v) is 8.31. The van der Waals surface area contributed by atoms with Gasteiger partial charge < -0.3 is 14.8 Å². The molecular formula is C25H30N2O3. The van der Waals surface area contributed by atoms with Gasteiger partial charge in [-0.1, -0.05) is 30.3 Å². The SMILES string of the molecule is COc1cccc(CN(CC(=O)c2c(C)[nH]c3ccccc23)C2CCC(O)CC2)c1. The largest absolute Gasteiger partial charge is 0.497 e. The Kier molecular flexibility index (Phi) is 6.21. The highest BCUT2D eigenvalue weighted by Crippen LogP contribution is 2.27. The molecule has 1 saturated carbocycles. The summed E-state index contributed by atoms with van der Waals surface area (Å²) in [5.74, 6) is 0.962. The number of aromatic amines is 1. The van der Waals surface area contributed by atoms with Crippen molar-refractivity contribution >= 4 is 16.7 Å². The first-order chi connectivity index (χ1) is 14.5. The third kappa shape index (κ3) is 4.42. The summed E-state index contributed by atoms with van der Waals surface area (Å²) in [5.41, 5.74) is 3.83. The van der Waals surface area contributed by atoms with Gasteiger partial charge in [-0.05, 0) is 56.4 Å². The predicted octanol–water partition coefficient (Wildman–Crippen LogP) is 4.47. The number of carbonyl (C=O) groups excluding carboxylic acids is 1. The Hall–Kier alpha value is -2.63. The number of nitrogens with zero attached hydrogens (tertiary/aromatic N) is 1. The molecule has 4 rings (SSSR count). The summed E-state index contributed by atoms with van der Waals surface area (Å²) >= 11 is 0. The van der Waals surface area contributed by atoms with Crippen LogP contribution in [0.25, 0.3) is 10.9 Å². The van der Waals surface area contributed by atoms with Crippen molar-refractivity contribution in [2.45, 2.75) is 51.3 Å². The molecule has 0 radical (unpaired) electrons. The fourth-order valence-corrected chi connectivity index (χ4v) is 4.64. The zero-order valence-electron chi connectivity index (χ0n) is 17.7. The van der Waals surface area contributed by atoms with E-state index in [4.69, 9.17) is 4.74 Å². The van der Waals surface area contributed by atoms with E-state index in [0.29, 0.717) is 13.1 Å². The standard InChI is InChI=1S/C25H30N2O3/c1-17-25(22-8-3-4-9-23(22)26-17)24(29)16-27(19-10-12-20(28)13-11-19)15-18-6-5-7-21(14-18)30-2/h3-9,14,19-20,26,28H,10-13,15-16H2,1-2H3. The van der Waals surface area contributed by atoms with Gasteiger partial charge in [0.2, 0.25) is 0 Å². The minimum absolute atomic E-state index is 0.138. The zero-order chi connectivity index (χ0) is 21.1. The Morgan fingerprint density at radius 3 is 2.67 bits per heavy atom. The maximum Gasteiger partial charge on any atom is 0.179 e. The molecule has 0 spiro atoms. The molecular weight excluding hydrogens is 376 g/mol. The zero-order valence-corrected chi connectivity index (χ0v) is 17.7. The van der Waals surface area contributed by atoms with Crippen LogP contribution in [0.4, 0.5) is 0 Å². The van der Waals surface area contributed by atoms with Crippen molar-refractivity contribution in [1.29, 1.82) is 0 Å². The topological polar surface area (TPSA) is 65.6 Å². The number of aromatic nitrogens is 1. The van der Waals surface area contributed by atoms with Crippen LogP contribution in [0, 0.1) is 6.92 Å². The molecule has 2 N–H and O–H groups in total. The van der Waals surface area contributed by atoms with Crippen molar-refractivity contribution in [2.24, 2.45) is 0 Å². The molecule has 0 amide bonds. The van der Waals surface area contributed by atoms with Crippen LogP contribution in [-0.2, 0) is 6.54 Å². The summed E-state index contributed by atoms with van der Waals surface area (Å²) in [4.78, 5) is 19.1. The average Bonchev–Trinajstić information content (AvgIpc) is 3.09. The van der Waals surface area contributed by atoms with Gasteiger partial charge in [-0.15, -0.1) is 0 Å². The number of aliphatic hydroxyl groups is 1. The summed E-state index contributed by atoms with van der Waals surface area (Å²) in [7, 11) is 1.67. The molecule has 0 bridgehead atoms. The molecule has 5 heteroatoms. The highest BCUT2D eigenvalue weighted by atomic mass is 16.5. The van der Waals surface area contributed by atoms with Gasteiger partial charge in [0.05, 0.1) is 19.8 Å². The minimum atomic E-state index is -0.216. The van der Waals surface area contributed by atoms with E-state index in [1.165, 1.54) is 0 Å². The fourth-order valence-electron chi connectivity index (χ4n) is 4.64. The van der Waals surface area contributed by atoms with Gasteiger partial charge in [-0.3, -0.25) is 9.69 Å². The Labute approximate surface area is 177 Å². The molecule has 2 aromatic carbocycles. The number of ether oxygens (including phenoxy) is 1. The average molecular weight is 407 g/mol. The van der Waals surface area contributed by atoms with Crippen molar-refractivity contribution in [3.63, 3.8) is 0 Å². The smallest absolute Gasteiger partial charge is 0.179 e. The van der Waals surface area contributed by atoms with E-state index in [-0.39, 0.29) is 17.9 Å². The van der Waals surface area contributed by atoms with E-state index in [1.54, 1.807) is 7.11 Å². The molecule has 1 heterocycles. The number of hydrogen-bond donors (Lipinski definition) is 2. The molecule has 1 aliphatic rings. The summed E-state index contributed by atoms with van der Waals surface area (Å²) in [5, 5.41) is 10.9. The lowest BCUT2D eigenvalue weighted by Gasteiger charge is -2.35.